The second kappa shape index (κ2) is 5.88. The number of aromatic nitrogens is 3. The van der Waals surface area contributed by atoms with Crippen LogP contribution in [-0.2, 0) is 6.54 Å². The molecule has 4 heterocycles. The van der Waals surface area contributed by atoms with Crippen molar-refractivity contribution in [2.24, 2.45) is 0 Å². The zero-order chi connectivity index (χ0) is 14.9. The van der Waals surface area contributed by atoms with Crippen molar-refractivity contribution in [2.75, 3.05) is 26.2 Å². The van der Waals surface area contributed by atoms with Crippen LogP contribution in [0.25, 0.3) is 14.8 Å². The minimum Gasteiger partial charge on any atom is -0.314 e. The highest BCUT2D eigenvalue weighted by atomic mass is 32.1. The Balaban J connectivity index is 1.68. The monoisotopic (exact) mass is 333 g/mol. The molecule has 3 aromatic heterocycles. The minimum absolute atomic E-state index is 0.103. The summed E-state index contributed by atoms with van der Waals surface area (Å²) in [4.78, 5) is 20.9. The Labute approximate surface area is 135 Å². The topological polar surface area (TPSA) is 62.5 Å². The van der Waals surface area contributed by atoms with Crippen LogP contribution in [0.1, 0.15) is 5.69 Å². The SMILES string of the molecule is O=c1cc(CN2CCNCC2)nc2sc(-c3cccs3)nn12. The minimum atomic E-state index is -0.103. The largest absolute Gasteiger partial charge is 0.314 e. The first kappa shape index (κ1) is 14.0. The summed E-state index contributed by atoms with van der Waals surface area (Å²) in [7, 11) is 0. The molecule has 0 amide bonds. The smallest absolute Gasteiger partial charge is 0.275 e. The van der Waals surface area contributed by atoms with Crippen LogP contribution in [0, 0.1) is 0 Å². The molecule has 0 atom stereocenters. The lowest BCUT2D eigenvalue weighted by Crippen LogP contribution is -2.43. The second-order valence-electron chi connectivity index (χ2n) is 5.19. The number of hydrogen-bond acceptors (Lipinski definition) is 7. The molecule has 1 N–H and O–H groups in total. The van der Waals surface area contributed by atoms with Gasteiger partial charge in [0.05, 0.1) is 10.6 Å². The van der Waals surface area contributed by atoms with Gasteiger partial charge in [-0.15, -0.1) is 11.3 Å². The van der Waals surface area contributed by atoms with Gasteiger partial charge in [-0.3, -0.25) is 9.69 Å². The van der Waals surface area contributed by atoms with E-state index in [1.54, 1.807) is 17.4 Å². The first-order chi connectivity index (χ1) is 10.8. The highest BCUT2D eigenvalue weighted by molar-refractivity contribution is 7.23. The van der Waals surface area contributed by atoms with Crippen molar-refractivity contribution >= 4 is 27.6 Å². The third kappa shape index (κ3) is 2.70. The number of nitrogens with zero attached hydrogens (tertiary/aromatic N) is 4. The van der Waals surface area contributed by atoms with Crippen LogP contribution in [0.3, 0.4) is 0 Å². The lowest BCUT2D eigenvalue weighted by Gasteiger charge is -2.26. The number of thiophene rings is 1. The zero-order valence-corrected chi connectivity index (χ0v) is 13.5. The molecule has 0 unspecified atom stereocenters. The molecule has 0 saturated carbocycles. The summed E-state index contributed by atoms with van der Waals surface area (Å²) in [5.74, 6) is 0. The summed E-state index contributed by atoms with van der Waals surface area (Å²) in [5.41, 5.74) is 0.725. The van der Waals surface area contributed by atoms with Crippen LogP contribution in [0.2, 0.25) is 0 Å². The van der Waals surface area contributed by atoms with E-state index in [0.717, 1.165) is 48.3 Å². The molecule has 1 aliphatic rings. The van der Waals surface area contributed by atoms with Crippen molar-refractivity contribution in [3.05, 3.63) is 39.6 Å². The molecule has 8 heteroatoms. The van der Waals surface area contributed by atoms with Crippen LogP contribution in [0.4, 0.5) is 0 Å². The molecule has 0 bridgehead atoms. The Morgan fingerprint density at radius 1 is 1.32 bits per heavy atom. The summed E-state index contributed by atoms with van der Waals surface area (Å²) in [6.45, 7) is 4.68. The van der Waals surface area contributed by atoms with Crippen molar-refractivity contribution in [1.29, 1.82) is 0 Å². The summed E-state index contributed by atoms with van der Waals surface area (Å²) in [5, 5.41) is 10.6. The lowest BCUT2D eigenvalue weighted by molar-refractivity contribution is 0.231. The van der Waals surface area contributed by atoms with E-state index in [2.05, 4.69) is 20.3 Å². The molecule has 3 aromatic rings. The van der Waals surface area contributed by atoms with Crippen LogP contribution in [0.15, 0.2) is 28.4 Å². The Morgan fingerprint density at radius 3 is 2.95 bits per heavy atom. The number of nitrogens with one attached hydrogen (secondary N) is 1. The van der Waals surface area contributed by atoms with E-state index in [0.29, 0.717) is 4.96 Å². The Hall–Kier alpha value is -1.61. The third-order valence-corrected chi connectivity index (χ3v) is 5.57. The maximum absolute atomic E-state index is 12.3. The summed E-state index contributed by atoms with van der Waals surface area (Å²) in [6, 6.07) is 5.60. The number of fused-ring (bicyclic) bond motifs is 1. The van der Waals surface area contributed by atoms with Gasteiger partial charge < -0.3 is 5.32 Å². The van der Waals surface area contributed by atoms with Gasteiger partial charge in [-0.2, -0.15) is 9.61 Å². The van der Waals surface area contributed by atoms with Gasteiger partial charge in [0, 0.05) is 38.8 Å². The van der Waals surface area contributed by atoms with Gasteiger partial charge in [0.2, 0.25) is 4.96 Å². The van der Waals surface area contributed by atoms with Gasteiger partial charge in [0.1, 0.15) is 0 Å². The maximum atomic E-state index is 12.3. The van der Waals surface area contributed by atoms with E-state index in [-0.39, 0.29) is 5.56 Å². The lowest BCUT2D eigenvalue weighted by atomic mass is 10.3. The fraction of sp³-hybridized carbons (Fsp3) is 0.357. The highest BCUT2D eigenvalue weighted by Crippen LogP contribution is 2.28. The molecule has 0 aliphatic carbocycles. The van der Waals surface area contributed by atoms with Crippen molar-refractivity contribution in [3.8, 4) is 9.88 Å². The van der Waals surface area contributed by atoms with Crippen molar-refractivity contribution in [1.82, 2.24) is 24.8 Å². The van der Waals surface area contributed by atoms with E-state index in [9.17, 15) is 4.79 Å². The molecular weight excluding hydrogens is 318 g/mol. The average molecular weight is 333 g/mol. The van der Waals surface area contributed by atoms with Gasteiger partial charge in [-0.25, -0.2) is 4.98 Å². The van der Waals surface area contributed by atoms with E-state index in [1.807, 2.05) is 17.5 Å². The number of rotatable bonds is 3. The van der Waals surface area contributed by atoms with Crippen LogP contribution in [0.5, 0.6) is 0 Å². The predicted molar refractivity (Wildman–Crippen MR) is 88.6 cm³/mol. The molecule has 6 nitrogen and oxygen atoms in total. The molecular formula is C14H15N5OS2. The molecule has 114 valence electrons. The van der Waals surface area contributed by atoms with Crippen molar-refractivity contribution < 1.29 is 0 Å². The molecule has 0 radical (unpaired) electrons. The van der Waals surface area contributed by atoms with E-state index >= 15 is 0 Å². The Bertz CT molecular complexity index is 833. The average Bonchev–Trinajstić information content (AvgIpc) is 3.17. The number of hydrogen-bond donors (Lipinski definition) is 1. The van der Waals surface area contributed by atoms with E-state index in [4.69, 9.17) is 0 Å². The molecule has 1 fully saturated rings. The summed E-state index contributed by atoms with van der Waals surface area (Å²) < 4.78 is 1.40. The first-order valence-electron chi connectivity index (χ1n) is 7.16. The highest BCUT2D eigenvalue weighted by Gasteiger charge is 2.14. The fourth-order valence-electron chi connectivity index (χ4n) is 2.54. The number of piperazine rings is 1. The Morgan fingerprint density at radius 2 is 2.18 bits per heavy atom. The maximum Gasteiger partial charge on any atom is 0.275 e. The van der Waals surface area contributed by atoms with E-state index < -0.39 is 0 Å². The standard InChI is InChI=1S/C14H15N5OS2/c20-12-8-10(9-18-5-3-15-4-6-18)16-14-19(12)17-13(22-14)11-2-1-7-21-11/h1-2,7-8,15H,3-6,9H2. The Kier molecular flexibility index (Phi) is 3.75. The van der Waals surface area contributed by atoms with Crippen LogP contribution in [-0.4, -0.2) is 45.7 Å². The third-order valence-electron chi connectivity index (χ3n) is 3.63. The van der Waals surface area contributed by atoms with Gasteiger partial charge in [-0.05, 0) is 11.4 Å². The molecule has 0 aromatic carbocycles. The van der Waals surface area contributed by atoms with Crippen molar-refractivity contribution in [3.63, 3.8) is 0 Å². The molecule has 0 spiro atoms. The molecule has 22 heavy (non-hydrogen) atoms. The van der Waals surface area contributed by atoms with Gasteiger partial charge >= 0.3 is 0 Å². The summed E-state index contributed by atoms with van der Waals surface area (Å²) >= 11 is 3.09. The van der Waals surface area contributed by atoms with Gasteiger partial charge in [-0.1, -0.05) is 17.4 Å². The van der Waals surface area contributed by atoms with Gasteiger partial charge in [0.25, 0.3) is 5.56 Å². The molecule has 4 rings (SSSR count). The van der Waals surface area contributed by atoms with Crippen molar-refractivity contribution in [2.45, 2.75) is 6.54 Å². The first-order valence-corrected chi connectivity index (χ1v) is 8.86. The fourth-order valence-corrected chi connectivity index (χ4v) is 4.25. The summed E-state index contributed by atoms with van der Waals surface area (Å²) in [6.07, 6.45) is 0. The predicted octanol–water partition coefficient (Wildman–Crippen LogP) is 1.28. The zero-order valence-electron chi connectivity index (χ0n) is 11.9. The molecule has 1 aliphatic heterocycles. The quantitative estimate of drug-likeness (QED) is 0.782. The van der Waals surface area contributed by atoms with Crippen LogP contribution >= 0.6 is 22.7 Å². The molecule has 1 saturated heterocycles. The van der Waals surface area contributed by atoms with E-state index in [1.165, 1.54) is 15.9 Å². The van der Waals surface area contributed by atoms with Gasteiger partial charge in [0.15, 0.2) is 5.01 Å². The second-order valence-corrected chi connectivity index (χ2v) is 7.09. The van der Waals surface area contributed by atoms with Crippen LogP contribution < -0.4 is 10.9 Å². The normalized spacial score (nSPS) is 16.4.